The van der Waals surface area contributed by atoms with Crippen LogP contribution in [0.1, 0.15) is 24.8 Å². The third-order valence-corrected chi connectivity index (χ3v) is 9.14. The van der Waals surface area contributed by atoms with Gasteiger partial charge in [0.05, 0.1) is 58.9 Å². The molecule has 0 aromatic heterocycles. The molecule has 4 rings (SSSR count). The van der Waals surface area contributed by atoms with Crippen molar-refractivity contribution in [3.05, 3.63) is 63.1 Å². The first-order valence-electron chi connectivity index (χ1n) is 11.5. The van der Waals surface area contributed by atoms with E-state index in [1.165, 1.54) is 28.6 Å². The van der Waals surface area contributed by atoms with E-state index in [1.54, 1.807) is 18.2 Å². The number of aliphatic hydroxyl groups is 1. The Balaban J connectivity index is 1.42. The molecule has 0 aliphatic carbocycles. The first-order valence-corrected chi connectivity index (χ1v) is 14.1. The molecule has 0 saturated carbocycles. The number of hydrogen-bond donors (Lipinski definition) is 2. The van der Waals surface area contributed by atoms with E-state index >= 15 is 0 Å². The minimum absolute atomic E-state index is 0.0198. The first kappa shape index (κ1) is 27.6. The second-order valence-corrected chi connectivity index (χ2v) is 12.0. The topological polar surface area (TPSA) is 105 Å². The number of sulfonamides is 1. The number of amides is 1. The molecule has 0 radical (unpaired) electrons. The van der Waals surface area contributed by atoms with Crippen molar-refractivity contribution in [2.75, 3.05) is 19.8 Å². The normalized spacial score (nSPS) is 25.4. The maximum Gasteiger partial charge on any atom is 0.243 e. The van der Waals surface area contributed by atoms with Gasteiger partial charge in [-0.1, -0.05) is 40.9 Å². The molecule has 2 heterocycles. The number of hydrogen-bond acceptors (Lipinski definition) is 6. The average Bonchev–Trinajstić information content (AvgIpc) is 2.83. The molecule has 2 aliphatic heterocycles. The molecule has 196 valence electrons. The summed E-state index contributed by atoms with van der Waals surface area (Å²) in [5, 5.41) is 14.5. The van der Waals surface area contributed by atoms with Crippen LogP contribution in [-0.2, 0) is 30.8 Å². The molecule has 1 amide bonds. The molecule has 0 bridgehead atoms. The molecule has 0 spiro atoms. The van der Waals surface area contributed by atoms with Crippen molar-refractivity contribution in [1.82, 2.24) is 9.62 Å². The summed E-state index contributed by atoms with van der Waals surface area (Å²) in [6, 6.07) is 10.5. The van der Waals surface area contributed by atoms with Crippen LogP contribution < -0.4 is 5.32 Å². The minimum Gasteiger partial charge on any atom is -0.389 e. The average molecular weight is 578 g/mol. The molecule has 2 aliphatic rings. The fraction of sp³-hybridized carbons (Fsp3) is 0.458. The van der Waals surface area contributed by atoms with Crippen molar-refractivity contribution in [3.8, 4) is 0 Å². The van der Waals surface area contributed by atoms with Crippen molar-refractivity contribution >= 4 is 50.7 Å². The summed E-state index contributed by atoms with van der Waals surface area (Å²) in [5.74, 6) is -0.197. The number of halogens is 3. The van der Waals surface area contributed by atoms with E-state index in [-0.39, 0.29) is 37.0 Å². The SMILES string of the molecule is O=C(C[C@@H]1CC[C@H]2[C@@H](COC[C@@H](O)CN2S(=O)(=O)c2ccc(Cl)cc2)O1)NCc1ccc(Cl)c(Cl)c1. The highest BCUT2D eigenvalue weighted by molar-refractivity contribution is 7.89. The van der Waals surface area contributed by atoms with Crippen LogP contribution in [0.3, 0.4) is 0 Å². The molecule has 4 atom stereocenters. The minimum atomic E-state index is -3.93. The Labute approximate surface area is 225 Å². The molecular weight excluding hydrogens is 551 g/mol. The molecule has 2 N–H and O–H groups in total. The number of carbonyl (C=O) groups is 1. The zero-order chi connectivity index (χ0) is 25.9. The van der Waals surface area contributed by atoms with Gasteiger partial charge in [0, 0.05) is 18.1 Å². The van der Waals surface area contributed by atoms with Gasteiger partial charge in [-0.15, -0.1) is 0 Å². The second-order valence-electron chi connectivity index (χ2n) is 8.89. The summed E-state index contributed by atoms with van der Waals surface area (Å²) in [6.45, 7) is 0.261. The Hall–Kier alpha value is -1.43. The third kappa shape index (κ3) is 6.71. The molecule has 12 heteroatoms. The highest BCUT2D eigenvalue weighted by atomic mass is 35.5. The van der Waals surface area contributed by atoms with Gasteiger partial charge in [-0.3, -0.25) is 4.79 Å². The van der Waals surface area contributed by atoms with Crippen molar-refractivity contribution in [2.24, 2.45) is 0 Å². The molecule has 2 fully saturated rings. The van der Waals surface area contributed by atoms with Gasteiger partial charge in [0.2, 0.25) is 15.9 Å². The molecule has 36 heavy (non-hydrogen) atoms. The number of benzene rings is 2. The quantitative estimate of drug-likeness (QED) is 0.543. The molecule has 2 saturated heterocycles. The van der Waals surface area contributed by atoms with Crippen LogP contribution in [0.15, 0.2) is 47.4 Å². The van der Waals surface area contributed by atoms with Gasteiger partial charge < -0.3 is 19.9 Å². The largest absolute Gasteiger partial charge is 0.389 e. The van der Waals surface area contributed by atoms with E-state index in [2.05, 4.69) is 5.32 Å². The zero-order valence-electron chi connectivity index (χ0n) is 19.3. The Kier molecular flexibility index (Phi) is 9.17. The van der Waals surface area contributed by atoms with Gasteiger partial charge in [0.1, 0.15) is 0 Å². The van der Waals surface area contributed by atoms with Crippen molar-refractivity contribution < 1.29 is 27.8 Å². The maximum atomic E-state index is 13.5. The fourth-order valence-corrected chi connectivity index (χ4v) is 6.61. The van der Waals surface area contributed by atoms with E-state index in [0.29, 0.717) is 34.5 Å². The number of rotatable bonds is 6. The number of β-amino-alcohol motifs (C(OH)–C–C–N with tert-alkyl or cyclic N) is 1. The lowest BCUT2D eigenvalue weighted by Gasteiger charge is -2.43. The van der Waals surface area contributed by atoms with Gasteiger partial charge in [0.15, 0.2) is 0 Å². The van der Waals surface area contributed by atoms with E-state index < -0.39 is 34.4 Å². The molecule has 2 aromatic rings. The van der Waals surface area contributed by atoms with Gasteiger partial charge in [-0.25, -0.2) is 8.42 Å². The van der Waals surface area contributed by atoms with Crippen molar-refractivity contribution in [1.29, 1.82) is 0 Å². The lowest BCUT2D eigenvalue weighted by molar-refractivity contribution is -0.146. The Morgan fingerprint density at radius 2 is 1.81 bits per heavy atom. The van der Waals surface area contributed by atoms with Crippen LogP contribution in [0, 0.1) is 0 Å². The van der Waals surface area contributed by atoms with E-state index in [4.69, 9.17) is 44.3 Å². The van der Waals surface area contributed by atoms with E-state index in [1.807, 2.05) is 0 Å². The predicted octanol–water partition coefficient (Wildman–Crippen LogP) is 3.65. The lowest BCUT2D eigenvalue weighted by atomic mass is 9.96. The first-order chi connectivity index (χ1) is 17.1. The highest BCUT2D eigenvalue weighted by Gasteiger charge is 2.43. The molecular formula is C24H27Cl3N2O6S. The van der Waals surface area contributed by atoms with Gasteiger partial charge in [-0.2, -0.15) is 4.31 Å². The smallest absolute Gasteiger partial charge is 0.243 e. The number of nitrogens with one attached hydrogen (secondary N) is 1. The van der Waals surface area contributed by atoms with Crippen LogP contribution in [0.5, 0.6) is 0 Å². The molecule has 2 aromatic carbocycles. The highest BCUT2D eigenvalue weighted by Crippen LogP contribution is 2.32. The monoisotopic (exact) mass is 576 g/mol. The third-order valence-electron chi connectivity index (χ3n) is 6.24. The summed E-state index contributed by atoms with van der Waals surface area (Å²) < 4.78 is 40.0. The summed E-state index contributed by atoms with van der Waals surface area (Å²) in [5.41, 5.74) is 0.817. The van der Waals surface area contributed by atoms with E-state index in [9.17, 15) is 18.3 Å². The molecule has 0 unspecified atom stereocenters. The van der Waals surface area contributed by atoms with Gasteiger partial charge in [-0.05, 0) is 54.8 Å². The number of aliphatic hydroxyl groups excluding tert-OH is 1. The van der Waals surface area contributed by atoms with Crippen LogP contribution >= 0.6 is 34.8 Å². The summed E-state index contributed by atoms with van der Waals surface area (Å²) in [4.78, 5) is 12.7. The maximum absolute atomic E-state index is 13.5. The van der Waals surface area contributed by atoms with E-state index in [0.717, 1.165) is 5.56 Å². The van der Waals surface area contributed by atoms with Crippen LogP contribution in [0.25, 0.3) is 0 Å². The molecule has 8 nitrogen and oxygen atoms in total. The standard InChI is InChI=1S/C24H27Cl3N2O6S/c25-16-2-5-19(6-3-16)36(32,33)29-12-17(30)13-34-14-23-22(29)8-4-18(35-23)10-24(31)28-11-15-1-7-20(26)21(27)9-15/h1-3,5-7,9,17-18,22-23,30H,4,8,10-14H2,(H,28,31)/t17-,18-,22-,23+/m0/s1. The number of carbonyl (C=O) groups excluding carboxylic acids is 1. The van der Waals surface area contributed by atoms with Gasteiger partial charge >= 0.3 is 0 Å². The number of fused-ring (bicyclic) bond motifs is 1. The lowest BCUT2D eigenvalue weighted by Crippen LogP contribution is -2.57. The predicted molar refractivity (Wildman–Crippen MR) is 137 cm³/mol. The van der Waals surface area contributed by atoms with Gasteiger partial charge in [0.25, 0.3) is 0 Å². The Morgan fingerprint density at radius 1 is 1.06 bits per heavy atom. The van der Waals surface area contributed by atoms with Crippen molar-refractivity contribution in [2.45, 2.75) is 55.1 Å². The summed E-state index contributed by atoms with van der Waals surface area (Å²) in [7, 11) is -3.93. The van der Waals surface area contributed by atoms with Crippen LogP contribution in [0.2, 0.25) is 15.1 Å². The number of ether oxygens (including phenoxy) is 2. The summed E-state index contributed by atoms with van der Waals surface area (Å²) >= 11 is 17.9. The second kappa shape index (κ2) is 12.0. The Morgan fingerprint density at radius 3 is 2.53 bits per heavy atom. The zero-order valence-corrected chi connectivity index (χ0v) is 22.4. The van der Waals surface area contributed by atoms with Crippen molar-refractivity contribution in [3.63, 3.8) is 0 Å². The summed E-state index contributed by atoms with van der Waals surface area (Å²) in [6.07, 6.45) is -0.897. The van der Waals surface area contributed by atoms with Crippen LogP contribution in [0.4, 0.5) is 0 Å². The fourth-order valence-electron chi connectivity index (χ4n) is 4.44. The van der Waals surface area contributed by atoms with Crippen LogP contribution in [-0.4, -0.2) is 67.8 Å². The number of nitrogens with zero attached hydrogens (tertiary/aromatic N) is 1. The Bertz CT molecular complexity index is 1180.